The molecule has 8 heteroatoms. The minimum Gasteiger partial charge on any atom is -0.395 e. The third-order valence-corrected chi connectivity index (χ3v) is 8.56. The lowest BCUT2D eigenvalue weighted by atomic mass is 9.98. The highest BCUT2D eigenvalue weighted by atomic mass is 16.7. The average Bonchev–Trinajstić information content (AvgIpc) is 3.54. The Bertz CT molecular complexity index is 1530. The third-order valence-electron chi connectivity index (χ3n) is 8.56. The van der Waals surface area contributed by atoms with E-state index in [1.165, 1.54) is 0 Å². The Labute approximate surface area is 258 Å². The van der Waals surface area contributed by atoms with Gasteiger partial charge in [-0.05, 0) is 71.5 Å². The normalized spacial score (nSPS) is 22.1. The number of aliphatic hydroxyl groups is 2. The molecular formula is C36H39N3O5. The molecule has 4 aromatic rings. The van der Waals surface area contributed by atoms with E-state index < -0.39 is 6.29 Å². The number of likely N-dealkylation sites (tertiary alicyclic amines) is 1. The fourth-order valence-corrected chi connectivity index (χ4v) is 6.14. The molecule has 1 amide bonds. The van der Waals surface area contributed by atoms with E-state index >= 15 is 0 Å². The molecule has 6 rings (SSSR count). The van der Waals surface area contributed by atoms with E-state index in [4.69, 9.17) is 9.47 Å². The average molecular weight is 594 g/mol. The number of rotatable bonds is 10. The molecule has 3 N–H and O–H groups in total. The number of amides is 1. The van der Waals surface area contributed by atoms with Gasteiger partial charge in [0.1, 0.15) is 0 Å². The topological polar surface area (TPSA) is 104 Å². The summed E-state index contributed by atoms with van der Waals surface area (Å²) in [5, 5.41) is 22.4. The molecule has 0 bridgehead atoms. The minimum atomic E-state index is -0.562. The van der Waals surface area contributed by atoms with E-state index in [0.29, 0.717) is 18.5 Å². The number of benzene rings is 3. The molecule has 228 valence electrons. The zero-order valence-electron chi connectivity index (χ0n) is 24.7. The van der Waals surface area contributed by atoms with Crippen LogP contribution in [-0.4, -0.2) is 57.8 Å². The highest BCUT2D eigenvalue weighted by molar-refractivity contribution is 5.93. The SMILES string of the molecule is O=C(NCc1cccc(-c2cccc([C@H]3O[C@@H](CN4CCC[C@H]4CO)C[C@@H](c4ccc(CO)cc4)O3)c2)c1)c1cccnc1. The van der Waals surface area contributed by atoms with Gasteiger partial charge >= 0.3 is 0 Å². The minimum absolute atomic E-state index is 0.00252. The number of aliphatic hydroxyl groups excluding tert-OH is 2. The third kappa shape index (κ3) is 7.23. The smallest absolute Gasteiger partial charge is 0.253 e. The fourth-order valence-electron chi connectivity index (χ4n) is 6.14. The van der Waals surface area contributed by atoms with Crippen molar-refractivity contribution in [3.8, 4) is 11.1 Å². The second kappa shape index (κ2) is 14.2. The van der Waals surface area contributed by atoms with Crippen molar-refractivity contribution in [2.24, 2.45) is 0 Å². The standard InChI is InChI=1S/C36H39N3O5/c40-23-25-11-13-27(14-12-25)34-19-33(22-39-16-4-10-32(39)24-41)43-36(44-34)30-8-2-7-29(18-30)28-6-1-5-26(17-28)20-38-35(42)31-9-3-15-37-21-31/h1-3,5-9,11-15,17-18,21,32-34,36,40-41H,4,10,16,19-20,22-24H2,(H,38,42)/t32-,33+,34-,36-/m0/s1. The number of ether oxygens (including phenoxy) is 2. The number of pyridine rings is 1. The van der Waals surface area contributed by atoms with Gasteiger partial charge in [0, 0.05) is 43.5 Å². The van der Waals surface area contributed by atoms with E-state index in [0.717, 1.165) is 59.3 Å². The molecule has 3 aromatic carbocycles. The molecule has 0 spiro atoms. The van der Waals surface area contributed by atoms with Gasteiger partial charge in [0.05, 0.1) is 31.0 Å². The molecule has 2 aliphatic rings. The highest BCUT2D eigenvalue weighted by Crippen LogP contribution is 2.39. The molecule has 2 saturated heterocycles. The van der Waals surface area contributed by atoms with Gasteiger partial charge in [-0.25, -0.2) is 0 Å². The van der Waals surface area contributed by atoms with Gasteiger partial charge in [0.2, 0.25) is 0 Å². The largest absolute Gasteiger partial charge is 0.395 e. The Morgan fingerprint density at radius 3 is 2.50 bits per heavy atom. The molecule has 8 nitrogen and oxygen atoms in total. The van der Waals surface area contributed by atoms with Crippen LogP contribution in [0.4, 0.5) is 0 Å². The number of aromatic nitrogens is 1. The van der Waals surface area contributed by atoms with Crippen LogP contribution in [0.3, 0.4) is 0 Å². The molecule has 0 radical (unpaired) electrons. The first-order chi connectivity index (χ1) is 21.6. The monoisotopic (exact) mass is 593 g/mol. The Balaban J connectivity index is 1.20. The maximum atomic E-state index is 12.5. The molecule has 3 heterocycles. The van der Waals surface area contributed by atoms with Crippen molar-refractivity contribution in [1.29, 1.82) is 0 Å². The lowest BCUT2D eigenvalue weighted by Crippen LogP contribution is -2.42. The maximum Gasteiger partial charge on any atom is 0.253 e. The van der Waals surface area contributed by atoms with E-state index in [-0.39, 0.29) is 37.4 Å². The summed E-state index contributed by atoms with van der Waals surface area (Å²) in [6, 6.07) is 28.0. The summed E-state index contributed by atoms with van der Waals surface area (Å²) >= 11 is 0. The molecular weight excluding hydrogens is 554 g/mol. The van der Waals surface area contributed by atoms with Crippen molar-refractivity contribution >= 4 is 5.91 Å². The Morgan fingerprint density at radius 2 is 1.73 bits per heavy atom. The number of nitrogens with one attached hydrogen (secondary N) is 1. The van der Waals surface area contributed by atoms with Crippen LogP contribution < -0.4 is 5.32 Å². The van der Waals surface area contributed by atoms with Gasteiger partial charge in [-0.3, -0.25) is 14.7 Å². The second-order valence-corrected chi connectivity index (χ2v) is 11.6. The molecule has 2 aliphatic heterocycles. The first-order valence-corrected chi connectivity index (χ1v) is 15.3. The summed E-state index contributed by atoms with van der Waals surface area (Å²) in [6.07, 6.45) is 5.19. The van der Waals surface area contributed by atoms with Crippen LogP contribution in [0.2, 0.25) is 0 Å². The van der Waals surface area contributed by atoms with E-state index in [1.807, 2.05) is 48.5 Å². The second-order valence-electron chi connectivity index (χ2n) is 11.6. The maximum absolute atomic E-state index is 12.5. The van der Waals surface area contributed by atoms with E-state index in [2.05, 4.69) is 39.5 Å². The van der Waals surface area contributed by atoms with Gasteiger partial charge in [-0.15, -0.1) is 0 Å². The molecule has 0 unspecified atom stereocenters. The fraction of sp³-hybridized carbons (Fsp3) is 0.333. The summed E-state index contributed by atoms with van der Waals surface area (Å²) in [6.45, 7) is 2.26. The van der Waals surface area contributed by atoms with Crippen molar-refractivity contribution in [3.63, 3.8) is 0 Å². The first kappa shape index (κ1) is 30.1. The summed E-state index contributed by atoms with van der Waals surface area (Å²) in [5.41, 5.74) is 6.43. The lowest BCUT2D eigenvalue weighted by Gasteiger charge is -2.38. The van der Waals surface area contributed by atoms with Crippen molar-refractivity contribution in [3.05, 3.63) is 125 Å². The van der Waals surface area contributed by atoms with Gasteiger partial charge in [-0.2, -0.15) is 0 Å². The van der Waals surface area contributed by atoms with Gasteiger partial charge in [0.25, 0.3) is 5.91 Å². The van der Waals surface area contributed by atoms with Crippen molar-refractivity contribution in [1.82, 2.24) is 15.2 Å². The zero-order chi connectivity index (χ0) is 30.3. The molecule has 0 aliphatic carbocycles. The van der Waals surface area contributed by atoms with Crippen LogP contribution in [0, 0.1) is 0 Å². The number of hydrogen-bond acceptors (Lipinski definition) is 7. The molecule has 0 saturated carbocycles. The Morgan fingerprint density at radius 1 is 0.909 bits per heavy atom. The molecule has 1 aromatic heterocycles. The van der Waals surface area contributed by atoms with Crippen LogP contribution in [-0.2, 0) is 22.6 Å². The van der Waals surface area contributed by atoms with Crippen LogP contribution in [0.25, 0.3) is 11.1 Å². The molecule has 2 fully saturated rings. The summed E-state index contributed by atoms with van der Waals surface area (Å²) in [4.78, 5) is 18.9. The highest BCUT2D eigenvalue weighted by Gasteiger charge is 2.35. The number of hydrogen-bond donors (Lipinski definition) is 3. The van der Waals surface area contributed by atoms with E-state index in [1.54, 1.807) is 24.5 Å². The van der Waals surface area contributed by atoms with Crippen LogP contribution in [0.15, 0.2) is 97.3 Å². The van der Waals surface area contributed by atoms with Gasteiger partial charge < -0.3 is 25.0 Å². The van der Waals surface area contributed by atoms with Crippen molar-refractivity contribution in [2.75, 3.05) is 19.7 Å². The number of nitrogens with zero attached hydrogens (tertiary/aromatic N) is 2. The summed E-state index contributed by atoms with van der Waals surface area (Å²) in [7, 11) is 0. The summed E-state index contributed by atoms with van der Waals surface area (Å²) in [5.74, 6) is -0.161. The Hall–Kier alpha value is -3.92. The van der Waals surface area contributed by atoms with Crippen molar-refractivity contribution in [2.45, 2.75) is 57.0 Å². The van der Waals surface area contributed by atoms with Crippen LogP contribution >= 0.6 is 0 Å². The van der Waals surface area contributed by atoms with Crippen molar-refractivity contribution < 1.29 is 24.5 Å². The zero-order valence-corrected chi connectivity index (χ0v) is 24.7. The summed E-state index contributed by atoms with van der Waals surface area (Å²) < 4.78 is 13.2. The van der Waals surface area contributed by atoms with Crippen LogP contribution in [0.5, 0.6) is 0 Å². The van der Waals surface area contributed by atoms with E-state index in [9.17, 15) is 15.0 Å². The molecule has 4 atom stereocenters. The van der Waals surface area contributed by atoms with Crippen LogP contribution in [0.1, 0.15) is 64.3 Å². The Kier molecular flexibility index (Phi) is 9.75. The predicted molar refractivity (Wildman–Crippen MR) is 167 cm³/mol. The first-order valence-electron chi connectivity index (χ1n) is 15.3. The lowest BCUT2D eigenvalue weighted by molar-refractivity contribution is -0.253. The number of carbonyl (C=O) groups excluding carboxylic acids is 1. The number of carbonyl (C=O) groups is 1. The molecule has 44 heavy (non-hydrogen) atoms. The van der Waals surface area contributed by atoms with Gasteiger partial charge in [-0.1, -0.05) is 60.7 Å². The van der Waals surface area contributed by atoms with Gasteiger partial charge in [0.15, 0.2) is 6.29 Å². The quantitative estimate of drug-likeness (QED) is 0.233. The predicted octanol–water partition coefficient (Wildman–Crippen LogP) is 5.17.